The summed E-state index contributed by atoms with van der Waals surface area (Å²) in [6.07, 6.45) is 0. The van der Waals surface area contributed by atoms with Crippen LogP contribution in [-0.4, -0.2) is 34.7 Å². The quantitative estimate of drug-likeness (QED) is 0.865. The molecule has 22 heavy (non-hydrogen) atoms. The molecule has 2 aromatic rings. The highest BCUT2D eigenvalue weighted by Gasteiger charge is 2.18. The Kier molecular flexibility index (Phi) is 4.56. The number of benzene rings is 1. The van der Waals surface area contributed by atoms with Crippen LogP contribution in [-0.2, 0) is 13.1 Å². The van der Waals surface area contributed by atoms with Gasteiger partial charge in [-0.2, -0.15) is 0 Å². The number of rotatable bonds is 4. The number of aromatic nitrogens is 2. The fourth-order valence-corrected chi connectivity index (χ4v) is 2.50. The second-order valence-corrected chi connectivity index (χ2v) is 7.21. The zero-order valence-corrected chi connectivity index (χ0v) is 14.1. The van der Waals surface area contributed by atoms with Crippen molar-refractivity contribution < 1.29 is 0 Å². The standard InChI is InChI=1S/C17H25N3O2/c1-17(2,3)12-20-15(21)13-8-6-7-9-14(13)19(16(20)22)11-10-18(4)5/h6-9H,10-12H2,1-5H3. The Bertz CT molecular complexity index is 779. The van der Waals surface area contributed by atoms with Crippen molar-refractivity contribution in [2.75, 3.05) is 20.6 Å². The number of fused-ring (bicyclic) bond motifs is 1. The van der Waals surface area contributed by atoms with Crippen molar-refractivity contribution in [3.63, 3.8) is 0 Å². The number of hydrogen-bond donors (Lipinski definition) is 0. The largest absolute Gasteiger partial charge is 0.331 e. The van der Waals surface area contributed by atoms with Crippen LogP contribution in [0.1, 0.15) is 20.8 Å². The summed E-state index contributed by atoms with van der Waals surface area (Å²) in [4.78, 5) is 27.5. The Balaban J connectivity index is 2.71. The molecule has 0 N–H and O–H groups in total. The van der Waals surface area contributed by atoms with Gasteiger partial charge in [-0.1, -0.05) is 32.9 Å². The van der Waals surface area contributed by atoms with Gasteiger partial charge in [-0.25, -0.2) is 4.79 Å². The lowest BCUT2D eigenvalue weighted by molar-refractivity contribution is 0.322. The number of nitrogens with zero attached hydrogens (tertiary/aromatic N) is 3. The van der Waals surface area contributed by atoms with Crippen LogP contribution in [0.3, 0.4) is 0 Å². The first-order valence-electron chi connectivity index (χ1n) is 7.58. The molecule has 0 saturated heterocycles. The van der Waals surface area contributed by atoms with Gasteiger partial charge in [-0.3, -0.25) is 13.9 Å². The molecule has 0 atom stereocenters. The average Bonchev–Trinajstić information content (AvgIpc) is 2.42. The van der Waals surface area contributed by atoms with Gasteiger partial charge in [0.25, 0.3) is 5.56 Å². The van der Waals surface area contributed by atoms with Crippen molar-refractivity contribution in [2.24, 2.45) is 5.41 Å². The second-order valence-electron chi connectivity index (χ2n) is 7.21. The molecule has 0 fully saturated rings. The van der Waals surface area contributed by atoms with Crippen LogP contribution >= 0.6 is 0 Å². The number of para-hydroxylation sites is 1. The van der Waals surface area contributed by atoms with Crippen molar-refractivity contribution in [3.05, 3.63) is 45.1 Å². The summed E-state index contributed by atoms with van der Waals surface area (Å²) in [7, 11) is 3.94. The van der Waals surface area contributed by atoms with Gasteiger partial charge in [0.05, 0.1) is 10.9 Å². The van der Waals surface area contributed by atoms with Gasteiger partial charge in [0.1, 0.15) is 0 Å². The Hall–Kier alpha value is -1.88. The third-order valence-corrected chi connectivity index (χ3v) is 3.54. The molecule has 5 heteroatoms. The highest BCUT2D eigenvalue weighted by Crippen LogP contribution is 2.15. The molecule has 1 aromatic carbocycles. The molecule has 0 aliphatic heterocycles. The fourth-order valence-electron chi connectivity index (χ4n) is 2.50. The normalized spacial score (nSPS) is 12.3. The van der Waals surface area contributed by atoms with Crippen molar-refractivity contribution in [3.8, 4) is 0 Å². The van der Waals surface area contributed by atoms with Crippen LogP contribution in [0, 0.1) is 5.41 Å². The molecule has 1 heterocycles. The van der Waals surface area contributed by atoms with E-state index in [4.69, 9.17) is 0 Å². The molecule has 0 radical (unpaired) electrons. The third-order valence-electron chi connectivity index (χ3n) is 3.54. The SMILES string of the molecule is CN(C)CCn1c(=O)n(CC(C)(C)C)c(=O)c2ccccc21. The van der Waals surface area contributed by atoms with Crippen LogP contribution in [0.5, 0.6) is 0 Å². The maximum atomic E-state index is 12.8. The molecule has 0 unspecified atom stereocenters. The Morgan fingerprint density at radius 1 is 1.05 bits per heavy atom. The average molecular weight is 303 g/mol. The summed E-state index contributed by atoms with van der Waals surface area (Å²) in [5.74, 6) is 0. The van der Waals surface area contributed by atoms with Gasteiger partial charge in [0.15, 0.2) is 0 Å². The molecule has 2 rings (SSSR count). The molecule has 120 valence electrons. The molecule has 0 amide bonds. The molecule has 0 saturated carbocycles. The molecule has 0 aliphatic carbocycles. The molecule has 0 spiro atoms. The van der Waals surface area contributed by atoms with Crippen molar-refractivity contribution in [2.45, 2.75) is 33.9 Å². The predicted octanol–water partition coefficient (Wildman–Crippen LogP) is 1.77. The first-order valence-corrected chi connectivity index (χ1v) is 7.58. The van der Waals surface area contributed by atoms with E-state index in [2.05, 4.69) is 0 Å². The summed E-state index contributed by atoms with van der Waals surface area (Å²) < 4.78 is 3.08. The van der Waals surface area contributed by atoms with E-state index in [0.717, 1.165) is 6.54 Å². The van der Waals surface area contributed by atoms with E-state index >= 15 is 0 Å². The first-order chi connectivity index (χ1) is 10.2. The van der Waals surface area contributed by atoms with Crippen LogP contribution in [0.15, 0.2) is 33.9 Å². The fraction of sp³-hybridized carbons (Fsp3) is 0.529. The van der Waals surface area contributed by atoms with E-state index in [9.17, 15) is 9.59 Å². The molecule has 0 aliphatic rings. The van der Waals surface area contributed by atoms with Gasteiger partial charge >= 0.3 is 5.69 Å². The summed E-state index contributed by atoms with van der Waals surface area (Å²) >= 11 is 0. The minimum Gasteiger partial charge on any atom is -0.308 e. The third kappa shape index (κ3) is 3.47. The van der Waals surface area contributed by atoms with Gasteiger partial charge in [0, 0.05) is 19.6 Å². The van der Waals surface area contributed by atoms with E-state index in [1.54, 1.807) is 10.6 Å². The Morgan fingerprint density at radius 3 is 2.27 bits per heavy atom. The van der Waals surface area contributed by atoms with Crippen LogP contribution in [0.4, 0.5) is 0 Å². The molecule has 5 nitrogen and oxygen atoms in total. The lowest BCUT2D eigenvalue weighted by atomic mass is 9.97. The van der Waals surface area contributed by atoms with Crippen molar-refractivity contribution >= 4 is 10.9 Å². The van der Waals surface area contributed by atoms with Crippen molar-refractivity contribution in [1.29, 1.82) is 0 Å². The van der Waals surface area contributed by atoms with Gasteiger partial charge in [0.2, 0.25) is 0 Å². The number of hydrogen-bond acceptors (Lipinski definition) is 3. The summed E-state index contributed by atoms with van der Waals surface area (Å²) in [6.45, 7) is 7.81. The van der Waals surface area contributed by atoms with Crippen LogP contribution in [0.25, 0.3) is 10.9 Å². The summed E-state index contributed by atoms with van der Waals surface area (Å²) in [5.41, 5.74) is 0.159. The summed E-state index contributed by atoms with van der Waals surface area (Å²) in [6, 6.07) is 7.34. The van der Waals surface area contributed by atoms with E-state index in [1.165, 1.54) is 4.57 Å². The zero-order valence-electron chi connectivity index (χ0n) is 14.1. The monoisotopic (exact) mass is 303 g/mol. The smallest absolute Gasteiger partial charge is 0.308 e. The minimum atomic E-state index is -0.222. The second kappa shape index (κ2) is 6.08. The predicted molar refractivity (Wildman–Crippen MR) is 90.5 cm³/mol. The molecule has 0 bridgehead atoms. The topological polar surface area (TPSA) is 47.2 Å². The lowest BCUT2D eigenvalue weighted by Crippen LogP contribution is -2.43. The number of likely N-dealkylation sites (N-methyl/N-ethyl adjacent to an activating group) is 1. The molecular weight excluding hydrogens is 278 g/mol. The van der Waals surface area contributed by atoms with Gasteiger partial charge < -0.3 is 4.90 Å². The first kappa shape index (κ1) is 16.5. The van der Waals surface area contributed by atoms with Crippen molar-refractivity contribution in [1.82, 2.24) is 14.0 Å². The maximum Gasteiger partial charge on any atom is 0.331 e. The van der Waals surface area contributed by atoms with Crippen LogP contribution < -0.4 is 11.2 Å². The maximum absolute atomic E-state index is 12.8. The Morgan fingerprint density at radius 2 is 1.68 bits per heavy atom. The lowest BCUT2D eigenvalue weighted by Gasteiger charge is -2.21. The van der Waals surface area contributed by atoms with E-state index in [1.807, 2.05) is 58.0 Å². The Labute approximate surface area is 130 Å². The summed E-state index contributed by atoms with van der Waals surface area (Å²) in [5, 5.41) is 0.602. The minimum absolute atomic E-state index is 0.134. The van der Waals surface area contributed by atoms with E-state index in [-0.39, 0.29) is 16.7 Å². The van der Waals surface area contributed by atoms with Crippen LogP contribution in [0.2, 0.25) is 0 Å². The van der Waals surface area contributed by atoms with Gasteiger partial charge in [-0.05, 0) is 31.6 Å². The van der Waals surface area contributed by atoms with Gasteiger partial charge in [-0.15, -0.1) is 0 Å². The van der Waals surface area contributed by atoms with E-state index in [0.29, 0.717) is 24.0 Å². The molecule has 1 aromatic heterocycles. The highest BCUT2D eigenvalue weighted by atomic mass is 16.2. The zero-order chi connectivity index (χ0) is 16.5. The highest BCUT2D eigenvalue weighted by molar-refractivity contribution is 5.77. The molecular formula is C17H25N3O2. The van der Waals surface area contributed by atoms with E-state index < -0.39 is 0 Å².